The van der Waals surface area contributed by atoms with Crippen molar-refractivity contribution in [1.29, 1.82) is 0 Å². The van der Waals surface area contributed by atoms with Crippen molar-refractivity contribution in [3.63, 3.8) is 0 Å². The minimum absolute atomic E-state index is 0.0580. The fourth-order valence-electron chi connectivity index (χ4n) is 2.85. The highest BCUT2D eigenvalue weighted by atomic mass is 35.5. The summed E-state index contributed by atoms with van der Waals surface area (Å²) in [6, 6.07) is 15.5. The van der Waals surface area contributed by atoms with Crippen LogP contribution in [0.5, 0.6) is 0 Å². The second-order valence-electron chi connectivity index (χ2n) is 6.13. The smallest absolute Gasteiger partial charge is 0.257 e. The van der Waals surface area contributed by atoms with Crippen molar-refractivity contribution in [2.45, 2.75) is 20.4 Å². The van der Waals surface area contributed by atoms with E-state index in [0.29, 0.717) is 17.1 Å². The third-order valence-electron chi connectivity index (χ3n) is 4.24. The molecule has 0 bridgehead atoms. The van der Waals surface area contributed by atoms with Crippen molar-refractivity contribution < 1.29 is 4.79 Å². The molecule has 0 fully saturated rings. The number of amides is 1. The summed E-state index contributed by atoms with van der Waals surface area (Å²) in [6.07, 6.45) is 1.64. The summed E-state index contributed by atoms with van der Waals surface area (Å²) in [5, 5.41) is 5.09. The summed E-state index contributed by atoms with van der Waals surface area (Å²) in [7, 11) is 1.79. The summed E-state index contributed by atoms with van der Waals surface area (Å²) in [4.78, 5) is 14.5. The minimum Gasteiger partial charge on any atom is -0.337 e. The van der Waals surface area contributed by atoms with Gasteiger partial charge in [-0.25, -0.2) is 4.68 Å². The van der Waals surface area contributed by atoms with Gasteiger partial charge in [0.25, 0.3) is 5.91 Å². The largest absolute Gasteiger partial charge is 0.337 e. The van der Waals surface area contributed by atoms with Crippen molar-refractivity contribution in [2.75, 3.05) is 7.05 Å². The highest BCUT2D eigenvalue weighted by Gasteiger charge is 2.19. The lowest BCUT2D eigenvalue weighted by atomic mass is 10.1. The summed E-state index contributed by atoms with van der Waals surface area (Å²) < 4.78 is 1.82. The van der Waals surface area contributed by atoms with E-state index in [1.807, 2.05) is 67.1 Å². The standard InChI is InChI=1S/C20H20ClN3O/c1-14-7-4-5-10-19(14)24-15(2)18(12-22-24)20(25)23(3)13-16-8-6-9-17(21)11-16/h4-12H,13H2,1-3H3. The average molecular weight is 354 g/mol. The minimum atomic E-state index is -0.0580. The van der Waals surface area contributed by atoms with Crippen LogP contribution in [0.1, 0.15) is 27.2 Å². The van der Waals surface area contributed by atoms with Crippen molar-refractivity contribution >= 4 is 17.5 Å². The predicted molar refractivity (Wildman–Crippen MR) is 100 cm³/mol. The maximum Gasteiger partial charge on any atom is 0.257 e. The average Bonchev–Trinajstić information content (AvgIpc) is 2.96. The Morgan fingerprint density at radius 1 is 1.16 bits per heavy atom. The van der Waals surface area contributed by atoms with Crippen LogP contribution in [0.2, 0.25) is 5.02 Å². The van der Waals surface area contributed by atoms with E-state index < -0.39 is 0 Å². The van der Waals surface area contributed by atoms with Gasteiger partial charge in [-0.15, -0.1) is 0 Å². The van der Waals surface area contributed by atoms with E-state index in [9.17, 15) is 4.79 Å². The van der Waals surface area contributed by atoms with E-state index in [1.165, 1.54) is 0 Å². The molecule has 3 rings (SSSR count). The van der Waals surface area contributed by atoms with Gasteiger partial charge >= 0.3 is 0 Å². The Labute approximate surface area is 152 Å². The number of hydrogen-bond donors (Lipinski definition) is 0. The molecule has 1 amide bonds. The Morgan fingerprint density at radius 2 is 1.92 bits per heavy atom. The number of nitrogens with zero attached hydrogens (tertiary/aromatic N) is 3. The zero-order valence-electron chi connectivity index (χ0n) is 14.5. The van der Waals surface area contributed by atoms with Gasteiger partial charge in [0.15, 0.2) is 0 Å². The van der Waals surface area contributed by atoms with Gasteiger partial charge in [-0.3, -0.25) is 4.79 Å². The first-order valence-electron chi connectivity index (χ1n) is 8.08. The molecule has 0 saturated heterocycles. The molecule has 0 radical (unpaired) electrons. The van der Waals surface area contributed by atoms with E-state index in [0.717, 1.165) is 22.5 Å². The van der Waals surface area contributed by atoms with Crippen LogP contribution in [-0.2, 0) is 6.54 Å². The molecule has 128 valence electrons. The molecule has 2 aromatic carbocycles. The monoisotopic (exact) mass is 353 g/mol. The van der Waals surface area contributed by atoms with Crippen LogP contribution in [0.3, 0.4) is 0 Å². The van der Waals surface area contributed by atoms with Gasteiger partial charge in [-0.1, -0.05) is 41.9 Å². The molecule has 0 aliphatic rings. The van der Waals surface area contributed by atoms with Gasteiger partial charge in [0, 0.05) is 18.6 Å². The maximum absolute atomic E-state index is 12.8. The van der Waals surface area contributed by atoms with Gasteiger partial charge in [0.2, 0.25) is 0 Å². The number of carbonyl (C=O) groups excluding carboxylic acids is 1. The number of rotatable bonds is 4. The zero-order valence-corrected chi connectivity index (χ0v) is 15.3. The molecule has 0 unspecified atom stereocenters. The molecule has 5 heteroatoms. The second kappa shape index (κ2) is 7.11. The molecule has 0 saturated carbocycles. The molecule has 4 nitrogen and oxygen atoms in total. The van der Waals surface area contributed by atoms with Crippen LogP contribution in [0.25, 0.3) is 5.69 Å². The number of aryl methyl sites for hydroxylation is 1. The molecule has 1 aromatic heterocycles. The third-order valence-corrected chi connectivity index (χ3v) is 4.47. The molecular weight excluding hydrogens is 334 g/mol. The topological polar surface area (TPSA) is 38.1 Å². The van der Waals surface area contributed by atoms with Crippen LogP contribution in [0.15, 0.2) is 54.7 Å². The fraction of sp³-hybridized carbons (Fsp3) is 0.200. The molecule has 0 N–H and O–H groups in total. The van der Waals surface area contributed by atoms with E-state index >= 15 is 0 Å². The number of aromatic nitrogens is 2. The van der Waals surface area contributed by atoms with Crippen LogP contribution < -0.4 is 0 Å². The molecule has 0 aliphatic carbocycles. The SMILES string of the molecule is Cc1ccccc1-n1ncc(C(=O)N(C)Cc2cccc(Cl)c2)c1C. The van der Waals surface area contributed by atoms with Crippen molar-refractivity contribution in [3.8, 4) is 5.69 Å². The van der Waals surface area contributed by atoms with Gasteiger partial charge in [-0.2, -0.15) is 5.10 Å². The van der Waals surface area contributed by atoms with Crippen LogP contribution in [-0.4, -0.2) is 27.6 Å². The second-order valence-corrected chi connectivity index (χ2v) is 6.57. The van der Waals surface area contributed by atoms with E-state index in [4.69, 9.17) is 11.6 Å². The first kappa shape index (κ1) is 17.2. The van der Waals surface area contributed by atoms with Crippen molar-refractivity contribution in [2.24, 2.45) is 0 Å². The van der Waals surface area contributed by atoms with Gasteiger partial charge in [-0.05, 0) is 43.2 Å². The molecule has 25 heavy (non-hydrogen) atoms. The maximum atomic E-state index is 12.8. The Balaban J connectivity index is 1.85. The molecule has 0 atom stereocenters. The van der Waals surface area contributed by atoms with E-state index in [1.54, 1.807) is 18.1 Å². The number of carbonyl (C=O) groups is 1. The van der Waals surface area contributed by atoms with Gasteiger partial charge in [0.05, 0.1) is 23.1 Å². The molecule has 1 heterocycles. The highest BCUT2D eigenvalue weighted by molar-refractivity contribution is 6.30. The lowest BCUT2D eigenvalue weighted by Crippen LogP contribution is -2.26. The fourth-order valence-corrected chi connectivity index (χ4v) is 3.06. The first-order valence-corrected chi connectivity index (χ1v) is 8.45. The quantitative estimate of drug-likeness (QED) is 0.696. The Bertz CT molecular complexity index is 917. The van der Waals surface area contributed by atoms with Crippen LogP contribution >= 0.6 is 11.6 Å². The van der Waals surface area contributed by atoms with Crippen molar-refractivity contribution in [1.82, 2.24) is 14.7 Å². The summed E-state index contributed by atoms with van der Waals surface area (Å²) in [5.41, 5.74) is 4.52. The Hall–Kier alpha value is -2.59. The predicted octanol–water partition coefficient (Wildman–Crippen LogP) is 4.41. The number of halogens is 1. The van der Waals surface area contributed by atoms with E-state index in [2.05, 4.69) is 5.10 Å². The van der Waals surface area contributed by atoms with Gasteiger partial charge < -0.3 is 4.90 Å². The Morgan fingerprint density at radius 3 is 2.64 bits per heavy atom. The summed E-state index contributed by atoms with van der Waals surface area (Å²) >= 11 is 6.02. The molecule has 0 aliphatic heterocycles. The molecule has 3 aromatic rings. The summed E-state index contributed by atoms with van der Waals surface area (Å²) in [6.45, 7) is 4.44. The highest BCUT2D eigenvalue weighted by Crippen LogP contribution is 2.19. The van der Waals surface area contributed by atoms with E-state index in [-0.39, 0.29) is 5.91 Å². The van der Waals surface area contributed by atoms with Crippen molar-refractivity contribution in [3.05, 3.63) is 82.1 Å². The van der Waals surface area contributed by atoms with Crippen LogP contribution in [0.4, 0.5) is 0 Å². The Kier molecular flexibility index (Phi) is 4.91. The number of hydrogen-bond acceptors (Lipinski definition) is 2. The zero-order chi connectivity index (χ0) is 18.0. The summed E-state index contributed by atoms with van der Waals surface area (Å²) in [5.74, 6) is -0.0580. The van der Waals surface area contributed by atoms with Gasteiger partial charge in [0.1, 0.15) is 0 Å². The van der Waals surface area contributed by atoms with Crippen LogP contribution in [0, 0.1) is 13.8 Å². The normalized spacial score (nSPS) is 10.7. The number of benzene rings is 2. The molecule has 0 spiro atoms. The number of para-hydroxylation sites is 1. The molecular formula is C20H20ClN3O. The first-order chi connectivity index (χ1) is 12.0. The lowest BCUT2D eigenvalue weighted by Gasteiger charge is -2.17. The lowest BCUT2D eigenvalue weighted by molar-refractivity contribution is 0.0784. The third kappa shape index (κ3) is 3.59.